The quantitative estimate of drug-likeness (QED) is 0.579. The molecule has 1 N–H and O–H groups in total. The van der Waals surface area contributed by atoms with Gasteiger partial charge in [-0.1, -0.05) is 24.3 Å². The Morgan fingerprint density at radius 1 is 1.21 bits per heavy atom. The first kappa shape index (κ1) is 17.1. The minimum Gasteiger partial charge on any atom is -0.348 e. The molecule has 1 aromatic carbocycles. The van der Waals surface area contributed by atoms with E-state index < -0.39 is 0 Å². The van der Waals surface area contributed by atoms with Crippen molar-refractivity contribution in [2.75, 3.05) is 6.54 Å². The number of aryl methyl sites for hydroxylation is 1. The van der Waals surface area contributed by atoms with Gasteiger partial charge in [-0.05, 0) is 12.1 Å². The highest BCUT2D eigenvalue weighted by Gasteiger charge is 2.34. The number of imidazole rings is 1. The van der Waals surface area contributed by atoms with Crippen LogP contribution in [0.2, 0.25) is 0 Å². The summed E-state index contributed by atoms with van der Waals surface area (Å²) in [7, 11) is 0. The van der Waals surface area contributed by atoms with Crippen molar-refractivity contribution < 1.29 is 4.79 Å². The van der Waals surface area contributed by atoms with Crippen molar-refractivity contribution in [3.05, 3.63) is 76.4 Å². The SMILES string of the molecule is O=C(CCc1nccs1)N1CCc2[nH]cnc2[C@H]1c1ccc2ccccc2n1. The molecule has 0 spiro atoms. The molecule has 28 heavy (non-hydrogen) atoms. The molecule has 1 atom stereocenters. The second-order valence-corrected chi connectivity index (χ2v) is 7.84. The molecule has 7 heteroatoms. The molecule has 4 aromatic rings. The van der Waals surface area contributed by atoms with Gasteiger partial charge in [0.15, 0.2) is 0 Å². The van der Waals surface area contributed by atoms with E-state index in [4.69, 9.17) is 4.98 Å². The number of aromatic nitrogens is 4. The zero-order chi connectivity index (χ0) is 18.9. The fraction of sp³-hybridized carbons (Fsp3) is 0.238. The number of carbonyl (C=O) groups is 1. The fourth-order valence-electron chi connectivity index (χ4n) is 3.81. The second kappa shape index (κ2) is 7.16. The maximum atomic E-state index is 13.1. The van der Waals surface area contributed by atoms with E-state index in [1.807, 2.05) is 40.6 Å². The lowest BCUT2D eigenvalue weighted by molar-refractivity contribution is -0.133. The molecular formula is C21H19N5OS. The summed E-state index contributed by atoms with van der Waals surface area (Å²) >= 11 is 1.59. The lowest BCUT2D eigenvalue weighted by atomic mass is 9.98. The van der Waals surface area contributed by atoms with E-state index >= 15 is 0 Å². The standard InChI is InChI=1S/C21H19N5OS/c27-19(8-7-18-22-10-12-28-18)26-11-9-16-20(24-13-23-16)21(26)17-6-5-14-3-1-2-4-15(14)25-17/h1-6,10,12-13,21H,7-9,11H2,(H,23,24)/t21-/m1/s1. The Balaban J connectivity index is 1.49. The predicted octanol–water partition coefficient (Wildman–Crippen LogP) is 3.52. The van der Waals surface area contributed by atoms with Crippen LogP contribution < -0.4 is 0 Å². The Hall–Kier alpha value is -3.06. The van der Waals surface area contributed by atoms with Gasteiger partial charge in [-0.2, -0.15) is 0 Å². The van der Waals surface area contributed by atoms with Crippen LogP contribution in [-0.4, -0.2) is 37.3 Å². The van der Waals surface area contributed by atoms with E-state index in [-0.39, 0.29) is 11.9 Å². The van der Waals surface area contributed by atoms with E-state index in [2.05, 4.69) is 21.0 Å². The minimum absolute atomic E-state index is 0.115. The molecule has 0 radical (unpaired) electrons. The molecule has 0 bridgehead atoms. The molecule has 0 fully saturated rings. The third-order valence-corrected chi connectivity index (χ3v) is 6.02. The summed E-state index contributed by atoms with van der Waals surface area (Å²) in [6, 6.07) is 11.9. The number of nitrogens with one attached hydrogen (secondary N) is 1. The first-order valence-electron chi connectivity index (χ1n) is 9.35. The molecule has 0 unspecified atom stereocenters. The topological polar surface area (TPSA) is 74.8 Å². The largest absolute Gasteiger partial charge is 0.348 e. The van der Waals surface area contributed by atoms with E-state index in [0.29, 0.717) is 19.4 Å². The summed E-state index contributed by atoms with van der Waals surface area (Å²) in [5, 5.41) is 4.02. The third kappa shape index (κ3) is 3.07. The van der Waals surface area contributed by atoms with Crippen molar-refractivity contribution in [3.8, 4) is 0 Å². The first-order valence-corrected chi connectivity index (χ1v) is 10.2. The fourth-order valence-corrected chi connectivity index (χ4v) is 4.43. The Kier molecular flexibility index (Phi) is 4.37. The summed E-state index contributed by atoms with van der Waals surface area (Å²) < 4.78 is 0. The molecule has 0 saturated heterocycles. The molecule has 4 heterocycles. The van der Waals surface area contributed by atoms with Gasteiger partial charge in [0, 0.05) is 48.5 Å². The Bertz CT molecular complexity index is 1120. The number of nitrogens with zero attached hydrogens (tertiary/aromatic N) is 4. The van der Waals surface area contributed by atoms with E-state index in [1.54, 1.807) is 23.9 Å². The Morgan fingerprint density at radius 3 is 3.04 bits per heavy atom. The lowest BCUT2D eigenvalue weighted by Crippen LogP contribution is -2.41. The lowest BCUT2D eigenvalue weighted by Gasteiger charge is -2.34. The molecule has 6 nitrogen and oxygen atoms in total. The summed E-state index contributed by atoms with van der Waals surface area (Å²) in [4.78, 5) is 31.9. The highest BCUT2D eigenvalue weighted by Crippen LogP contribution is 2.33. The monoisotopic (exact) mass is 389 g/mol. The smallest absolute Gasteiger partial charge is 0.223 e. The molecule has 1 amide bonds. The summed E-state index contributed by atoms with van der Waals surface area (Å²) in [6.45, 7) is 0.658. The van der Waals surface area contributed by atoms with Gasteiger partial charge in [-0.25, -0.2) is 9.97 Å². The van der Waals surface area contributed by atoms with Gasteiger partial charge in [0.1, 0.15) is 6.04 Å². The van der Waals surface area contributed by atoms with Crippen LogP contribution in [0.3, 0.4) is 0 Å². The molecule has 0 saturated carbocycles. The van der Waals surface area contributed by atoms with Crippen molar-refractivity contribution in [2.24, 2.45) is 0 Å². The van der Waals surface area contributed by atoms with Crippen LogP contribution in [0.5, 0.6) is 0 Å². The van der Waals surface area contributed by atoms with E-state index in [1.165, 1.54) is 0 Å². The van der Waals surface area contributed by atoms with E-state index in [0.717, 1.165) is 39.4 Å². The number of amides is 1. The number of H-pyrrole nitrogens is 1. The molecule has 140 valence electrons. The molecule has 5 rings (SSSR count). The first-order chi connectivity index (χ1) is 13.8. The maximum absolute atomic E-state index is 13.1. The number of benzene rings is 1. The van der Waals surface area contributed by atoms with Gasteiger partial charge >= 0.3 is 0 Å². The number of aromatic amines is 1. The minimum atomic E-state index is -0.261. The van der Waals surface area contributed by atoms with Crippen LogP contribution in [-0.2, 0) is 17.6 Å². The number of carbonyl (C=O) groups excluding carboxylic acids is 1. The zero-order valence-corrected chi connectivity index (χ0v) is 16.0. The van der Waals surface area contributed by atoms with Crippen molar-refractivity contribution in [3.63, 3.8) is 0 Å². The average molecular weight is 389 g/mol. The number of hydrogen-bond donors (Lipinski definition) is 1. The molecule has 1 aliphatic rings. The van der Waals surface area contributed by atoms with Crippen LogP contribution in [0.25, 0.3) is 10.9 Å². The number of thiazole rings is 1. The van der Waals surface area contributed by atoms with Crippen LogP contribution in [0, 0.1) is 0 Å². The van der Waals surface area contributed by atoms with Gasteiger partial charge in [-0.3, -0.25) is 9.78 Å². The highest BCUT2D eigenvalue weighted by molar-refractivity contribution is 7.09. The van der Waals surface area contributed by atoms with Gasteiger partial charge in [-0.15, -0.1) is 11.3 Å². The van der Waals surface area contributed by atoms with Crippen molar-refractivity contribution in [1.29, 1.82) is 0 Å². The van der Waals surface area contributed by atoms with Crippen LogP contribution in [0.4, 0.5) is 0 Å². The van der Waals surface area contributed by atoms with Gasteiger partial charge < -0.3 is 9.88 Å². The molecule has 0 aliphatic carbocycles. The van der Waals surface area contributed by atoms with Crippen LogP contribution >= 0.6 is 11.3 Å². The number of hydrogen-bond acceptors (Lipinski definition) is 5. The summed E-state index contributed by atoms with van der Waals surface area (Å²) in [5.41, 5.74) is 3.77. The number of fused-ring (bicyclic) bond motifs is 2. The number of pyridine rings is 1. The van der Waals surface area contributed by atoms with Gasteiger partial charge in [0.2, 0.25) is 5.91 Å². The number of para-hydroxylation sites is 1. The Labute approximate surface area is 166 Å². The van der Waals surface area contributed by atoms with Crippen molar-refractivity contribution >= 4 is 28.1 Å². The molecule has 3 aromatic heterocycles. The second-order valence-electron chi connectivity index (χ2n) is 6.86. The van der Waals surface area contributed by atoms with Crippen molar-refractivity contribution in [2.45, 2.75) is 25.3 Å². The highest BCUT2D eigenvalue weighted by atomic mass is 32.1. The Morgan fingerprint density at radius 2 is 2.14 bits per heavy atom. The number of rotatable bonds is 4. The van der Waals surface area contributed by atoms with Crippen LogP contribution in [0.1, 0.15) is 34.6 Å². The summed E-state index contributed by atoms with van der Waals surface area (Å²) in [5.74, 6) is 0.115. The predicted molar refractivity (Wildman–Crippen MR) is 108 cm³/mol. The summed E-state index contributed by atoms with van der Waals surface area (Å²) in [6.07, 6.45) is 5.38. The van der Waals surface area contributed by atoms with Gasteiger partial charge in [0.05, 0.1) is 28.2 Å². The average Bonchev–Trinajstić information content (AvgIpc) is 3.42. The zero-order valence-electron chi connectivity index (χ0n) is 15.2. The maximum Gasteiger partial charge on any atom is 0.223 e. The van der Waals surface area contributed by atoms with Crippen LogP contribution in [0.15, 0.2) is 54.3 Å². The van der Waals surface area contributed by atoms with E-state index in [9.17, 15) is 4.79 Å². The molecular weight excluding hydrogens is 370 g/mol. The van der Waals surface area contributed by atoms with Gasteiger partial charge in [0.25, 0.3) is 0 Å². The van der Waals surface area contributed by atoms with Crippen molar-refractivity contribution in [1.82, 2.24) is 24.8 Å². The normalized spacial score (nSPS) is 16.3. The molecule has 1 aliphatic heterocycles. The third-order valence-electron chi connectivity index (χ3n) is 5.18.